The molecule has 0 saturated carbocycles. The monoisotopic (exact) mass is 371 g/mol. The van der Waals surface area contributed by atoms with E-state index in [0.717, 1.165) is 28.1 Å². The van der Waals surface area contributed by atoms with Gasteiger partial charge in [0.2, 0.25) is 5.91 Å². The summed E-state index contributed by atoms with van der Waals surface area (Å²) in [6.07, 6.45) is 0. The lowest BCUT2D eigenvalue weighted by Gasteiger charge is -2.31. The van der Waals surface area contributed by atoms with Gasteiger partial charge >= 0.3 is 0 Å². The van der Waals surface area contributed by atoms with E-state index in [1.54, 1.807) is 11.3 Å². The number of carbonyl (C=O) groups excluding carboxylic acids is 1. The standard InChI is InChI=1S/C13H14BrN3OS2/c1-7(8-3-15-4-8)12(18)17-13-16-10(6-20-13)11-2-9(14)5-19-11/h2,5-8,15H,3-4H2,1H3,(H,16,17,18). The number of halogens is 1. The Labute approximate surface area is 133 Å². The van der Waals surface area contributed by atoms with E-state index in [1.165, 1.54) is 11.3 Å². The highest BCUT2D eigenvalue weighted by Gasteiger charge is 2.29. The number of aromatic nitrogens is 1. The van der Waals surface area contributed by atoms with Crippen molar-refractivity contribution < 1.29 is 4.79 Å². The molecular weight excluding hydrogens is 358 g/mol. The van der Waals surface area contributed by atoms with E-state index in [-0.39, 0.29) is 11.8 Å². The number of nitrogens with zero attached hydrogens (tertiary/aromatic N) is 1. The van der Waals surface area contributed by atoms with Gasteiger partial charge in [-0.2, -0.15) is 0 Å². The van der Waals surface area contributed by atoms with Crippen molar-refractivity contribution in [1.29, 1.82) is 0 Å². The molecular formula is C13H14BrN3OS2. The molecule has 2 aromatic heterocycles. The van der Waals surface area contributed by atoms with Crippen LogP contribution in [0.2, 0.25) is 0 Å². The average molecular weight is 372 g/mol. The van der Waals surface area contributed by atoms with Crippen molar-refractivity contribution >= 4 is 49.6 Å². The second-order valence-corrected chi connectivity index (χ2v) is 7.55. The molecule has 1 unspecified atom stereocenters. The van der Waals surface area contributed by atoms with Crippen LogP contribution in [-0.2, 0) is 4.79 Å². The maximum atomic E-state index is 12.1. The quantitative estimate of drug-likeness (QED) is 0.865. The van der Waals surface area contributed by atoms with Gasteiger partial charge in [0.05, 0.1) is 10.6 Å². The van der Waals surface area contributed by atoms with Gasteiger partial charge in [-0.05, 0) is 41.0 Å². The highest BCUT2D eigenvalue weighted by molar-refractivity contribution is 9.10. The highest BCUT2D eigenvalue weighted by atomic mass is 79.9. The van der Waals surface area contributed by atoms with Gasteiger partial charge in [-0.1, -0.05) is 6.92 Å². The summed E-state index contributed by atoms with van der Waals surface area (Å²) in [6, 6.07) is 2.04. The van der Waals surface area contributed by atoms with E-state index in [1.807, 2.05) is 23.8 Å². The van der Waals surface area contributed by atoms with Gasteiger partial charge in [0.15, 0.2) is 5.13 Å². The van der Waals surface area contributed by atoms with E-state index in [2.05, 4.69) is 31.5 Å². The van der Waals surface area contributed by atoms with Crippen molar-refractivity contribution in [3.63, 3.8) is 0 Å². The Kier molecular flexibility index (Phi) is 4.21. The maximum Gasteiger partial charge on any atom is 0.229 e. The molecule has 1 saturated heterocycles. The summed E-state index contributed by atoms with van der Waals surface area (Å²) in [5, 5.41) is 10.8. The van der Waals surface area contributed by atoms with Crippen LogP contribution >= 0.6 is 38.6 Å². The van der Waals surface area contributed by atoms with Crippen molar-refractivity contribution in [1.82, 2.24) is 10.3 Å². The lowest BCUT2D eigenvalue weighted by atomic mass is 9.88. The summed E-state index contributed by atoms with van der Waals surface area (Å²) in [7, 11) is 0. The fourth-order valence-corrected chi connectivity index (χ4v) is 4.17. The van der Waals surface area contributed by atoms with Crippen LogP contribution in [0.15, 0.2) is 21.3 Å². The Morgan fingerprint density at radius 1 is 1.50 bits per heavy atom. The van der Waals surface area contributed by atoms with Crippen LogP contribution in [0.3, 0.4) is 0 Å². The van der Waals surface area contributed by atoms with E-state index in [9.17, 15) is 4.79 Å². The summed E-state index contributed by atoms with van der Waals surface area (Å²) in [6.45, 7) is 3.84. The van der Waals surface area contributed by atoms with E-state index in [4.69, 9.17) is 0 Å². The number of amides is 1. The van der Waals surface area contributed by atoms with Gasteiger partial charge in [0.25, 0.3) is 0 Å². The average Bonchev–Trinajstić information content (AvgIpc) is 2.95. The van der Waals surface area contributed by atoms with E-state index in [0.29, 0.717) is 11.0 Å². The molecule has 0 radical (unpaired) electrons. The maximum absolute atomic E-state index is 12.1. The molecule has 1 amide bonds. The molecule has 0 spiro atoms. The second-order valence-electron chi connectivity index (χ2n) is 4.86. The molecule has 7 heteroatoms. The van der Waals surface area contributed by atoms with Crippen molar-refractivity contribution in [3.05, 3.63) is 21.3 Å². The predicted octanol–water partition coefficient (Wildman–Crippen LogP) is 3.43. The lowest BCUT2D eigenvalue weighted by Crippen LogP contribution is -2.48. The fourth-order valence-electron chi connectivity index (χ4n) is 1.99. The molecule has 2 N–H and O–H groups in total. The summed E-state index contributed by atoms with van der Waals surface area (Å²) in [5.74, 6) is 0.534. The number of hydrogen-bond donors (Lipinski definition) is 2. The van der Waals surface area contributed by atoms with Crippen molar-refractivity contribution in [3.8, 4) is 10.6 Å². The van der Waals surface area contributed by atoms with Crippen LogP contribution in [0.5, 0.6) is 0 Å². The van der Waals surface area contributed by atoms with Crippen LogP contribution < -0.4 is 10.6 Å². The third-order valence-electron chi connectivity index (χ3n) is 3.49. The number of anilines is 1. The van der Waals surface area contributed by atoms with Gasteiger partial charge < -0.3 is 10.6 Å². The first kappa shape index (κ1) is 14.2. The zero-order valence-electron chi connectivity index (χ0n) is 10.9. The number of thiophene rings is 1. The Bertz CT molecular complexity index is 621. The van der Waals surface area contributed by atoms with Crippen LogP contribution in [-0.4, -0.2) is 24.0 Å². The van der Waals surface area contributed by atoms with E-state index < -0.39 is 0 Å². The molecule has 3 rings (SSSR count). The third kappa shape index (κ3) is 2.95. The molecule has 1 aliphatic rings. The normalized spacial score (nSPS) is 16.7. The van der Waals surface area contributed by atoms with Gasteiger partial charge in [-0.25, -0.2) is 4.98 Å². The fraction of sp³-hybridized carbons (Fsp3) is 0.385. The van der Waals surface area contributed by atoms with Crippen LogP contribution in [0.1, 0.15) is 6.92 Å². The van der Waals surface area contributed by atoms with Gasteiger partial charge in [0, 0.05) is 21.2 Å². The zero-order valence-corrected chi connectivity index (χ0v) is 14.1. The van der Waals surface area contributed by atoms with Crippen LogP contribution in [0.4, 0.5) is 5.13 Å². The third-order valence-corrected chi connectivity index (χ3v) is 5.96. The minimum absolute atomic E-state index is 0.0273. The molecule has 1 fully saturated rings. The van der Waals surface area contributed by atoms with Gasteiger partial charge in [-0.15, -0.1) is 22.7 Å². The smallest absolute Gasteiger partial charge is 0.229 e. The number of carbonyl (C=O) groups is 1. The van der Waals surface area contributed by atoms with Crippen LogP contribution in [0, 0.1) is 11.8 Å². The van der Waals surface area contributed by atoms with Crippen molar-refractivity contribution in [2.24, 2.45) is 11.8 Å². The summed E-state index contributed by atoms with van der Waals surface area (Å²) in [4.78, 5) is 17.7. The Hall–Kier alpha value is -0.760. The summed E-state index contributed by atoms with van der Waals surface area (Å²) < 4.78 is 1.06. The van der Waals surface area contributed by atoms with Gasteiger partial charge in [-0.3, -0.25) is 4.79 Å². The largest absolute Gasteiger partial charge is 0.316 e. The molecule has 4 nitrogen and oxygen atoms in total. The first-order chi connectivity index (χ1) is 9.63. The zero-order chi connectivity index (χ0) is 14.1. The molecule has 0 aliphatic carbocycles. The molecule has 1 atom stereocenters. The summed E-state index contributed by atoms with van der Waals surface area (Å²) >= 11 is 6.54. The molecule has 3 heterocycles. The topological polar surface area (TPSA) is 54.0 Å². The minimum Gasteiger partial charge on any atom is -0.316 e. The first-order valence-corrected chi connectivity index (χ1v) is 8.90. The van der Waals surface area contributed by atoms with Crippen molar-refractivity contribution in [2.75, 3.05) is 18.4 Å². The number of nitrogens with one attached hydrogen (secondary N) is 2. The molecule has 0 aromatic carbocycles. The second kappa shape index (κ2) is 5.93. The van der Waals surface area contributed by atoms with E-state index >= 15 is 0 Å². The Morgan fingerprint density at radius 3 is 2.90 bits per heavy atom. The molecule has 1 aliphatic heterocycles. The summed E-state index contributed by atoms with van der Waals surface area (Å²) in [5.41, 5.74) is 0.916. The number of hydrogen-bond acceptors (Lipinski definition) is 5. The molecule has 106 valence electrons. The van der Waals surface area contributed by atoms with Crippen molar-refractivity contribution in [2.45, 2.75) is 6.92 Å². The minimum atomic E-state index is 0.0273. The molecule has 20 heavy (non-hydrogen) atoms. The predicted molar refractivity (Wildman–Crippen MR) is 87.3 cm³/mol. The number of thiazole rings is 1. The number of rotatable bonds is 4. The lowest BCUT2D eigenvalue weighted by molar-refractivity contribution is -0.121. The Morgan fingerprint density at radius 2 is 2.30 bits per heavy atom. The first-order valence-electron chi connectivity index (χ1n) is 6.35. The Balaban J connectivity index is 1.66. The molecule has 2 aromatic rings. The SMILES string of the molecule is CC(C(=O)Nc1nc(-c2cc(Br)cs2)cs1)C1CNC1. The van der Waals surface area contributed by atoms with Gasteiger partial charge in [0.1, 0.15) is 0 Å². The highest BCUT2D eigenvalue weighted by Crippen LogP contribution is 2.32. The molecule has 0 bridgehead atoms. The van der Waals surface area contributed by atoms with Crippen LogP contribution in [0.25, 0.3) is 10.6 Å².